The topological polar surface area (TPSA) is 135 Å². The number of nitrogens with zero attached hydrogens (tertiary/aromatic N) is 1. The Hall–Kier alpha value is -0.0400. The third kappa shape index (κ3) is 10.3. The van der Waals surface area contributed by atoms with Crippen LogP contribution in [0.3, 0.4) is 0 Å². The van der Waals surface area contributed by atoms with E-state index < -0.39 is 70.9 Å². The molecule has 18 heteroatoms. The molecule has 2 heterocycles. The summed E-state index contributed by atoms with van der Waals surface area (Å²) in [5, 5.41) is 0. The molecule has 0 aliphatic carbocycles. The van der Waals surface area contributed by atoms with E-state index in [0.717, 1.165) is 4.57 Å². The number of hydrogen-bond donors (Lipinski definition) is 1. The van der Waals surface area contributed by atoms with Gasteiger partial charge in [-0.15, -0.1) is 0 Å². The van der Waals surface area contributed by atoms with Crippen molar-refractivity contribution in [3.63, 3.8) is 0 Å². The van der Waals surface area contributed by atoms with Gasteiger partial charge in [0.15, 0.2) is 0 Å². The number of hydrogen-bond acceptors (Lipinski definition) is 9. The lowest BCUT2D eigenvalue weighted by atomic mass is 10.2. The number of aromatic amines is 1. The van der Waals surface area contributed by atoms with Crippen molar-refractivity contribution >= 4 is 83.4 Å². The number of ether oxygens (including phenoxy) is 2. The predicted molar refractivity (Wildman–Crippen MR) is 131 cm³/mol. The molecule has 1 aromatic rings. The van der Waals surface area contributed by atoms with Crippen LogP contribution in [0.2, 0.25) is 0 Å². The maximum absolute atomic E-state index is 13.1. The van der Waals surface area contributed by atoms with Crippen LogP contribution in [-0.4, -0.2) is 55.1 Å². The molecule has 1 aliphatic rings. The highest BCUT2D eigenvalue weighted by Gasteiger charge is 2.42. The third-order valence-electron chi connectivity index (χ3n) is 4.38. The smallest absolute Gasteiger partial charge is 0.459 e. The number of alkyl halides is 6. The fourth-order valence-corrected chi connectivity index (χ4v) is 4.82. The highest BCUT2D eigenvalue weighted by atomic mass is 35.6. The summed E-state index contributed by atoms with van der Waals surface area (Å²) in [6.45, 7) is 1.15. The van der Waals surface area contributed by atoms with E-state index in [0.29, 0.717) is 0 Å². The number of carbonyl (C=O) groups is 1. The SMILES string of the molecule is CCC(=O)OC1CC(n2cc(C)c(=O)[nH]c2=O)OC1COP(=O)(OCC(Cl)(Cl)Cl)OCC(Cl)(Cl)Cl. The molecule has 200 valence electrons. The number of aryl methyl sites for hydroxylation is 1. The number of phosphoric acid groups is 1. The number of phosphoric ester groups is 1. The van der Waals surface area contributed by atoms with Crippen LogP contribution in [-0.2, 0) is 32.4 Å². The summed E-state index contributed by atoms with van der Waals surface area (Å²) in [7, 11) is -4.49. The van der Waals surface area contributed by atoms with Gasteiger partial charge in [0.25, 0.3) is 5.56 Å². The fraction of sp³-hybridized carbons (Fsp3) is 0.706. The molecule has 35 heavy (non-hydrogen) atoms. The zero-order valence-electron chi connectivity index (χ0n) is 18.2. The summed E-state index contributed by atoms with van der Waals surface area (Å²) in [4.78, 5) is 38.0. The highest BCUT2D eigenvalue weighted by molar-refractivity contribution is 7.48. The van der Waals surface area contributed by atoms with Crippen LogP contribution in [0.15, 0.2) is 15.8 Å². The van der Waals surface area contributed by atoms with Gasteiger partial charge in [0.05, 0.1) is 6.61 Å². The second-order valence-electron chi connectivity index (χ2n) is 7.25. The first-order chi connectivity index (χ1) is 16.0. The highest BCUT2D eigenvalue weighted by Crippen LogP contribution is 2.53. The van der Waals surface area contributed by atoms with Gasteiger partial charge in [-0.1, -0.05) is 76.5 Å². The molecule has 11 nitrogen and oxygen atoms in total. The van der Waals surface area contributed by atoms with Gasteiger partial charge in [0.2, 0.25) is 7.59 Å². The van der Waals surface area contributed by atoms with Crippen molar-refractivity contribution in [3.05, 3.63) is 32.6 Å². The van der Waals surface area contributed by atoms with Crippen LogP contribution >= 0.6 is 77.4 Å². The molecule has 2 rings (SSSR count). The summed E-state index contributed by atoms with van der Waals surface area (Å²) < 4.78 is 36.8. The Morgan fingerprint density at radius 1 is 1.14 bits per heavy atom. The van der Waals surface area contributed by atoms with E-state index in [1.165, 1.54) is 13.1 Å². The van der Waals surface area contributed by atoms with Gasteiger partial charge in [-0.05, 0) is 6.92 Å². The Labute approximate surface area is 229 Å². The summed E-state index contributed by atoms with van der Waals surface area (Å²) in [6.07, 6.45) is -1.56. The number of halogens is 6. The zero-order valence-corrected chi connectivity index (χ0v) is 23.6. The largest absolute Gasteiger partial charge is 0.475 e. The van der Waals surface area contributed by atoms with Crippen molar-refractivity contribution in [2.45, 2.75) is 52.7 Å². The van der Waals surface area contributed by atoms with Gasteiger partial charge in [0, 0.05) is 24.6 Å². The average molecular weight is 641 g/mol. The molecule has 0 radical (unpaired) electrons. The van der Waals surface area contributed by atoms with Crippen molar-refractivity contribution in [1.82, 2.24) is 9.55 Å². The third-order valence-corrected chi connectivity index (χ3v) is 6.39. The molecule has 1 aliphatic heterocycles. The van der Waals surface area contributed by atoms with E-state index in [2.05, 4.69) is 4.98 Å². The van der Waals surface area contributed by atoms with Crippen molar-refractivity contribution in [2.75, 3.05) is 19.8 Å². The number of carbonyl (C=O) groups excluding carboxylic acids is 1. The molecule has 3 unspecified atom stereocenters. The van der Waals surface area contributed by atoms with E-state index in [-0.39, 0.29) is 18.4 Å². The van der Waals surface area contributed by atoms with Crippen molar-refractivity contribution in [1.29, 1.82) is 0 Å². The second kappa shape index (κ2) is 12.7. The van der Waals surface area contributed by atoms with Crippen LogP contribution in [0.25, 0.3) is 0 Å². The summed E-state index contributed by atoms with van der Waals surface area (Å²) in [5.74, 6) is -0.558. The van der Waals surface area contributed by atoms with E-state index >= 15 is 0 Å². The average Bonchev–Trinajstić information content (AvgIpc) is 3.13. The fourth-order valence-electron chi connectivity index (χ4n) is 2.78. The van der Waals surface area contributed by atoms with Gasteiger partial charge >= 0.3 is 19.5 Å². The summed E-state index contributed by atoms with van der Waals surface area (Å²) in [5.41, 5.74) is -1.05. The van der Waals surface area contributed by atoms with Crippen LogP contribution in [0, 0.1) is 6.92 Å². The second-order valence-corrected chi connectivity index (χ2v) is 13.9. The minimum atomic E-state index is -4.49. The molecule has 0 bridgehead atoms. The Kier molecular flexibility index (Phi) is 11.3. The molecule has 0 aromatic carbocycles. The lowest BCUT2D eigenvalue weighted by Gasteiger charge is -2.24. The molecule has 0 saturated carbocycles. The van der Waals surface area contributed by atoms with Crippen molar-refractivity contribution in [2.24, 2.45) is 0 Å². The van der Waals surface area contributed by atoms with Crippen LogP contribution < -0.4 is 11.2 Å². The molecule has 3 atom stereocenters. The Bertz CT molecular complexity index is 1030. The normalized spacial score (nSPS) is 21.3. The minimum Gasteiger partial charge on any atom is -0.459 e. The lowest BCUT2D eigenvalue weighted by molar-refractivity contribution is -0.152. The standard InChI is InChI=1S/C17H21Cl6N2O9P/c1-3-13(26)34-10-4-12(25-5-9(2)14(27)24-15(25)28)33-11(10)6-30-35(29,31-7-16(18,19)20)32-8-17(21,22)23/h5,10-12H,3-4,6-8H2,1-2H3,(H,24,27,28). The number of nitrogens with one attached hydrogen (secondary N) is 1. The summed E-state index contributed by atoms with van der Waals surface area (Å²) >= 11 is 33.8. The van der Waals surface area contributed by atoms with Gasteiger partial charge in [-0.25, -0.2) is 9.36 Å². The number of rotatable bonds is 10. The maximum Gasteiger partial charge on any atom is 0.475 e. The predicted octanol–water partition coefficient (Wildman–Crippen LogP) is 4.35. The zero-order chi connectivity index (χ0) is 26.6. The molecule has 0 amide bonds. The monoisotopic (exact) mass is 638 g/mol. The summed E-state index contributed by atoms with van der Waals surface area (Å²) in [6, 6.07) is 0. The van der Waals surface area contributed by atoms with E-state index in [1.54, 1.807) is 6.92 Å². The Morgan fingerprint density at radius 2 is 1.71 bits per heavy atom. The van der Waals surface area contributed by atoms with Gasteiger partial charge < -0.3 is 9.47 Å². The molecule has 1 saturated heterocycles. The van der Waals surface area contributed by atoms with E-state index in [9.17, 15) is 18.9 Å². The van der Waals surface area contributed by atoms with Gasteiger partial charge in [-0.3, -0.25) is 32.7 Å². The minimum absolute atomic E-state index is 0.0134. The molecule has 1 aromatic heterocycles. The van der Waals surface area contributed by atoms with Gasteiger partial charge in [-0.2, -0.15) is 0 Å². The first kappa shape index (κ1) is 31.2. The molecule has 1 fully saturated rings. The number of H-pyrrole nitrogens is 1. The molecule has 0 spiro atoms. The maximum atomic E-state index is 13.1. The van der Waals surface area contributed by atoms with E-state index in [4.69, 9.17) is 92.7 Å². The molecular formula is C17H21Cl6N2O9P. The Morgan fingerprint density at radius 3 is 2.23 bits per heavy atom. The van der Waals surface area contributed by atoms with Crippen molar-refractivity contribution in [3.8, 4) is 0 Å². The number of aromatic nitrogens is 2. The van der Waals surface area contributed by atoms with Gasteiger partial charge in [0.1, 0.15) is 31.6 Å². The first-order valence-corrected chi connectivity index (χ1v) is 13.6. The van der Waals surface area contributed by atoms with Crippen molar-refractivity contribution < 1.29 is 32.4 Å². The molecule has 1 N–H and O–H groups in total. The first-order valence-electron chi connectivity index (χ1n) is 9.86. The quantitative estimate of drug-likeness (QED) is 0.225. The van der Waals surface area contributed by atoms with Crippen LogP contribution in [0.5, 0.6) is 0 Å². The lowest BCUT2D eigenvalue weighted by Crippen LogP contribution is -2.33. The van der Waals surface area contributed by atoms with Crippen LogP contribution in [0.4, 0.5) is 0 Å². The van der Waals surface area contributed by atoms with Crippen LogP contribution in [0.1, 0.15) is 31.6 Å². The molecular weight excluding hydrogens is 620 g/mol. The number of esters is 1. The Balaban J connectivity index is 2.23. The van der Waals surface area contributed by atoms with E-state index in [1.807, 2.05) is 0 Å².